The van der Waals surface area contributed by atoms with E-state index in [0.717, 1.165) is 0 Å². The molecule has 0 atom stereocenters. The summed E-state index contributed by atoms with van der Waals surface area (Å²) in [7, 11) is 0. The number of aromatic amines is 1. The molecule has 2 aromatic rings. The highest BCUT2D eigenvalue weighted by atomic mass is 16.3. The number of H-pyrrole nitrogens is 1. The van der Waals surface area contributed by atoms with Crippen molar-refractivity contribution in [3.8, 4) is 11.5 Å². The number of carbonyl (C=O) groups excluding carboxylic acids is 1. The van der Waals surface area contributed by atoms with Crippen LogP contribution in [0.4, 0.5) is 0 Å². The van der Waals surface area contributed by atoms with Crippen LogP contribution in [0.25, 0.3) is 10.9 Å². The van der Waals surface area contributed by atoms with E-state index in [2.05, 4.69) is 4.98 Å². The highest BCUT2D eigenvalue weighted by Crippen LogP contribution is 2.27. The number of nitrogens with one attached hydrogen (secondary N) is 2. The van der Waals surface area contributed by atoms with Gasteiger partial charge in [0.1, 0.15) is 23.8 Å². The highest BCUT2D eigenvalue weighted by Gasteiger charge is 2.18. The second-order valence-corrected chi connectivity index (χ2v) is 3.57. The Labute approximate surface area is 100 Å². The van der Waals surface area contributed by atoms with E-state index in [1.807, 2.05) is 5.32 Å². The molecule has 1 aromatic carbocycles. The fraction of sp³-hybridized carbons (Fsp3) is 0.0909. The number of aliphatic hydroxyl groups excluding tert-OH is 1. The molecule has 0 aliphatic heterocycles. The number of fused-ring (bicyclic) bond motifs is 1. The Kier molecular flexibility index (Phi) is 2.90. The summed E-state index contributed by atoms with van der Waals surface area (Å²) in [5.74, 6) is -1.46. The van der Waals surface area contributed by atoms with Crippen molar-refractivity contribution in [1.82, 2.24) is 10.3 Å². The Morgan fingerprint density at radius 1 is 1.33 bits per heavy atom. The summed E-state index contributed by atoms with van der Waals surface area (Å²) in [6.07, 6.45) is 0. The van der Waals surface area contributed by atoms with Crippen LogP contribution in [0.2, 0.25) is 0 Å². The summed E-state index contributed by atoms with van der Waals surface area (Å²) >= 11 is 0. The molecule has 5 N–H and O–H groups in total. The molecule has 0 saturated heterocycles. The molecule has 18 heavy (non-hydrogen) atoms. The van der Waals surface area contributed by atoms with Crippen molar-refractivity contribution in [2.45, 2.75) is 0 Å². The van der Waals surface area contributed by atoms with Gasteiger partial charge in [-0.25, -0.2) is 0 Å². The highest BCUT2D eigenvalue weighted by molar-refractivity contribution is 6.02. The summed E-state index contributed by atoms with van der Waals surface area (Å²) in [5, 5.41) is 29.9. The minimum atomic E-state index is -0.883. The number of hydrogen-bond donors (Lipinski definition) is 5. The standard InChI is InChI=1S/C11H10N2O5/c14-4-12-10(17)8-9(16)6-2-1-5(15)3-7(6)13-11(8)18/h1-3,14-15H,4H2,(H,12,17)(H2,13,16,18). The molecular weight excluding hydrogens is 240 g/mol. The second kappa shape index (κ2) is 4.38. The molecule has 0 radical (unpaired) electrons. The van der Waals surface area contributed by atoms with Crippen LogP contribution in [0.3, 0.4) is 0 Å². The van der Waals surface area contributed by atoms with Gasteiger partial charge in [0.05, 0.1) is 5.52 Å². The van der Waals surface area contributed by atoms with E-state index in [1.165, 1.54) is 18.2 Å². The topological polar surface area (TPSA) is 123 Å². The van der Waals surface area contributed by atoms with E-state index in [-0.39, 0.29) is 16.7 Å². The van der Waals surface area contributed by atoms with Gasteiger partial charge in [-0.1, -0.05) is 0 Å². The minimum absolute atomic E-state index is 0.0786. The molecule has 1 heterocycles. The Bertz CT molecular complexity index is 677. The molecule has 0 saturated carbocycles. The lowest BCUT2D eigenvalue weighted by Crippen LogP contribution is -2.30. The summed E-state index contributed by atoms with van der Waals surface area (Å²) in [4.78, 5) is 25.5. The Balaban J connectivity index is 2.73. The lowest BCUT2D eigenvalue weighted by molar-refractivity contribution is 0.0906. The monoisotopic (exact) mass is 250 g/mol. The van der Waals surface area contributed by atoms with E-state index < -0.39 is 29.5 Å². The quantitative estimate of drug-likeness (QED) is 0.465. The number of benzene rings is 1. The predicted molar refractivity (Wildman–Crippen MR) is 62.5 cm³/mol. The fourth-order valence-electron chi connectivity index (χ4n) is 1.64. The van der Waals surface area contributed by atoms with Gasteiger partial charge in [0, 0.05) is 11.5 Å². The van der Waals surface area contributed by atoms with E-state index >= 15 is 0 Å². The van der Waals surface area contributed by atoms with E-state index in [9.17, 15) is 19.8 Å². The molecule has 94 valence electrons. The minimum Gasteiger partial charge on any atom is -0.508 e. The first-order chi connectivity index (χ1) is 8.54. The van der Waals surface area contributed by atoms with Crippen molar-refractivity contribution < 1.29 is 20.1 Å². The maximum Gasteiger partial charge on any atom is 0.265 e. The maximum atomic E-state index is 11.6. The van der Waals surface area contributed by atoms with Gasteiger partial charge < -0.3 is 25.6 Å². The van der Waals surface area contributed by atoms with Crippen molar-refractivity contribution in [3.63, 3.8) is 0 Å². The zero-order valence-corrected chi connectivity index (χ0v) is 9.10. The molecule has 0 aliphatic rings. The first-order valence-electron chi connectivity index (χ1n) is 5.01. The number of amides is 1. The third kappa shape index (κ3) is 1.87. The van der Waals surface area contributed by atoms with Gasteiger partial charge in [0.25, 0.3) is 11.5 Å². The average molecular weight is 250 g/mol. The first kappa shape index (κ1) is 11.9. The third-order valence-electron chi connectivity index (χ3n) is 2.44. The maximum absolute atomic E-state index is 11.6. The van der Waals surface area contributed by atoms with E-state index in [4.69, 9.17) is 5.11 Å². The summed E-state index contributed by atoms with van der Waals surface area (Å²) in [6.45, 7) is -0.647. The number of phenolic OH excluding ortho intramolecular Hbond substituents is 1. The van der Waals surface area contributed by atoms with Crippen molar-refractivity contribution in [3.05, 3.63) is 34.1 Å². The van der Waals surface area contributed by atoms with Gasteiger partial charge in [0.15, 0.2) is 0 Å². The number of phenols is 1. The smallest absolute Gasteiger partial charge is 0.265 e. The summed E-state index contributed by atoms with van der Waals surface area (Å²) in [6, 6.07) is 3.93. The van der Waals surface area contributed by atoms with Gasteiger partial charge in [-0.05, 0) is 12.1 Å². The third-order valence-corrected chi connectivity index (χ3v) is 2.44. The van der Waals surface area contributed by atoms with Gasteiger partial charge in [0.2, 0.25) is 0 Å². The van der Waals surface area contributed by atoms with Gasteiger partial charge in [-0.3, -0.25) is 9.59 Å². The normalized spacial score (nSPS) is 10.5. The molecule has 0 bridgehead atoms. The molecule has 1 aromatic heterocycles. The molecule has 0 fully saturated rings. The zero-order valence-electron chi connectivity index (χ0n) is 9.10. The molecule has 7 nitrogen and oxygen atoms in total. The SMILES string of the molecule is O=C(NCO)c1c(O)c2ccc(O)cc2[nH]c1=O. The van der Waals surface area contributed by atoms with E-state index in [0.29, 0.717) is 0 Å². The number of aliphatic hydroxyl groups is 1. The van der Waals surface area contributed by atoms with Crippen LogP contribution in [-0.4, -0.2) is 32.9 Å². The van der Waals surface area contributed by atoms with Crippen LogP contribution in [0.1, 0.15) is 10.4 Å². The van der Waals surface area contributed by atoms with Crippen LogP contribution in [0.15, 0.2) is 23.0 Å². The number of aromatic hydroxyl groups is 2. The van der Waals surface area contributed by atoms with Crippen molar-refractivity contribution in [2.75, 3.05) is 6.73 Å². The molecule has 0 aliphatic carbocycles. The molecular formula is C11H10N2O5. The second-order valence-electron chi connectivity index (χ2n) is 3.57. The number of aromatic nitrogens is 1. The number of pyridine rings is 1. The van der Waals surface area contributed by atoms with Crippen LogP contribution >= 0.6 is 0 Å². The van der Waals surface area contributed by atoms with Crippen LogP contribution in [-0.2, 0) is 0 Å². The molecule has 1 amide bonds. The van der Waals surface area contributed by atoms with Crippen LogP contribution < -0.4 is 10.9 Å². The fourth-order valence-corrected chi connectivity index (χ4v) is 1.64. The summed E-state index contributed by atoms with van der Waals surface area (Å²) in [5.41, 5.74) is -1.09. The number of hydrogen-bond acceptors (Lipinski definition) is 5. The molecule has 2 rings (SSSR count). The van der Waals surface area contributed by atoms with Crippen molar-refractivity contribution in [1.29, 1.82) is 0 Å². The van der Waals surface area contributed by atoms with Gasteiger partial charge >= 0.3 is 0 Å². The van der Waals surface area contributed by atoms with Crippen LogP contribution in [0, 0.1) is 0 Å². The molecule has 7 heteroatoms. The largest absolute Gasteiger partial charge is 0.508 e. The van der Waals surface area contributed by atoms with Crippen LogP contribution in [0.5, 0.6) is 11.5 Å². The van der Waals surface area contributed by atoms with Crippen molar-refractivity contribution >= 4 is 16.8 Å². The first-order valence-corrected chi connectivity index (χ1v) is 5.01. The summed E-state index contributed by atoms with van der Waals surface area (Å²) < 4.78 is 0. The Morgan fingerprint density at radius 2 is 2.06 bits per heavy atom. The predicted octanol–water partition coefficient (Wildman–Crippen LogP) is -0.381. The Morgan fingerprint density at radius 3 is 2.72 bits per heavy atom. The lowest BCUT2D eigenvalue weighted by atomic mass is 10.1. The molecule has 0 spiro atoms. The molecule has 0 unspecified atom stereocenters. The zero-order chi connectivity index (χ0) is 13.3. The Hall–Kier alpha value is -2.54. The van der Waals surface area contributed by atoms with Crippen molar-refractivity contribution in [2.24, 2.45) is 0 Å². The number of carbonyl (C=O) groups is 1. The van der Waals surface area contributed by atoms with Gasteiger partial charge in [-0.15, -0.1) is 0 Å². The van der Waals surface area contributed by atoms with Gasteiger partial charge in [-0.2, -0.15) is 0 Å². The van der Waals surface area contributed by atoms with E-state index in [1.54, 1.807) is 0 Å². The average Bonchev–Trinajstić information content (AvgIpc) is 2.28. The number of rotatable bonds is 2. The lowest BCUT2D eigenvalue weighted by Gasteiger charge is -2.07.